The lowest BCUT2D eigenvalue weighted by Gasteiger charge is -2.20. The van der Waals surface area contributed by atoms with Crippen LogP contribution >= 0.6 is 0 Å². The van der Waals surface area contributed by atoms with Crippen molar-refractivity contribution in [3.8, 4) is 5.75 Å². The molecule has 0 radical (unpaired) electrons. The molecule has 0 N–H and O–H groups in total. The molecule has 1 aromatic carbocycles. The molecule has 2 rings (SSSR count). The lowest BCUT2D eigenvalue weighted by Crippen LogP contribution is -2.30. The third-order valence-electron chi connectivity index (χ3n) is 2.46. The smallest absolute Gasteiger partial charge is 0.280 e. The Hall–Kier alpha value is -1.10. The Bertz CT molecular complexity index is 327. The molecule has 2 atom stereocenters. The molecular formula is C12H16O4. The van der Waals surface area contributed by atoms with Crippen LogP contribution in [0.1, 0.15) is 6.92 Å². The maximum absolute atomic E-state index is 5.57. The summed E-state index contributed by atoms with van der Waals surface area (Å²) in [7, 11) is 1.56. The summed E-state index contributed by atoms with van der Waals surface area (Å²) in [5.74, 6) is -0.0952. The van der Waals surface area contributed by atoms with Crippen LogP contribution in [-0.2, 0) is 14.2 Å². The zero-order chi connectivity index (χ0) is 11.4. The third kappa shape index (κ3) is 2.72. The molecule has 0 amide bonds. The van der Waals surface area contributed by atoms with Crippen LogP contribution in [0.2, 0.25) is 0 Å². The summed E-state index contributed by atoms with van der Waals surface area (Å²) in [5.41, 5.74) is 0. The summed E-state index contributed by atoms with van der Waals surface area (Å²) in [6.45, 7) is 2.69. The van der Waals surface area contributed by atoms with Crippen LogP contribution in [0.15, 0.2) is 30.3 Å². The average Bonchev–Trinajstić information content (AvgIpc) is 2.71. The highest BCUT2D eigenvalue weighted by atomic mass is 16.9. The van der Waals surface area contributed by atoms with Crippen LogP contribution in [-0.4, -0.2) is 32.4 Å². The van der Waals surface area contributed by atoms with Crippen LogP contribution in [0, 0.1) is 0 Å². The highest BCUT2D eigenvalue weighted by molar-refractivity contribution is 5.20. The predicted octanol–water partition coefficient (Wildman–Crippen LogP) is 1.80. The van der Waals surface area contributed by atoms with Gasteiger partial charge in [-0.2, -0.15) is 0 Å². The molecule has 1 aliphatic heterocycles. The second-order valence-corrected chi connectivity index (χ2v) is 3.74. The van der Waals surface area contributed by atoms with Gasteiger partial charge in [0.2, 0.25) is 0 Å². The van der Waals surface area contributed by atoms with E-state index in [-0.39, 0.29) is 6.10 Å². The highest BCUT2D eigenvalue weighted by Gasteiger charge is 2.37. The molecule has 0 spiro atoms. The number of benzene rings is 1. The van der Waals surface area contributed by atoms with Crippen molar-refractivity contribution in [3.63, 3.8) is 0 Å². The van der Waals surface area contributed by atoms with E-state index in [2.05, 4.69) is 0 Å². The molecule has 4 heteroatoms. The average molecular weight is 224 g/mol. The standard InChI is InChI=1S/C12H16O4/c1-12(13-2)15-9-11(16-12)8-14-10-6-4-3-5-7-10/h3-7,11H,8-9H2,1-2H3/t11-,12?/m1/s1. The van der Waals surface area contributed by atoms with E-state index in [0.29, 0.717) is 13.2 Å². The summed E-state index contributed by atoms with van der Waals surface area (Å²) in [6, 6.07) is 9.63. The molecule has 0 bridgehead atoms. The van der Waals surface area contributed by atoms with E-state index in [9.17, 15) is 0 Å². The van der Waals surface area contributed by atoms with Crippen molar-refractivity contribution in [2.45, 2.75) is 19.0 Å². The van der Waals surface area contributed by atoms with Crippen molar-refractivity contribution >= 4 is 0 Å². The fourth-order valence-electron chi connectivity index (χ4n) is 1.51. The van der Waals surface area contributed by atoms with E-state index in [0.717, 1.165) is 5.75 Å². The number of hydrogen-bond donors (Lipinski definition) is 0. The van der Waals surface area contributed by atoms with E-state index < -0.39 is 5.97 Å². The molecule has 1 saturated heterocycles. The Labute approximate surface area is 95.1 Å². The molecule has 1 heterocycles. The van der Waals surface area contributed by atoms with E-state index in [1.807, 2.05) is 30.3 Å². The monoisotopic (exact) mass is 224 g/mol. The van der Waals surface area contributed by atoms with Crippen molar-refractivity contribution in [2.24, 2.45) is 0 Å². The van der Waals surface area contributed by atoms with Gasteiger partial charge in [-0.1, -0.05) is 18.2 Å². The van der Waals surface area contributed by atoms with Gasteiger partial charge in [0.05, 0.1) is 6.61 Å². The molecule has 88 valence electrons. The number of rotatable bonds is 4. The first-order chi connectivity index (χ1) is 7.72. The normalized spacial score (nSPS) is 29.2. The first-order valence-electron chi connectivity index (χ1n) is 5.26. The largest absolute Gasteiger partial charge is 0.491 e. The molecule has 4 nitrogen and oxygen atoms in total. The molecule has 16 heavy (non-hydrogen) atoms. The molecule has 0 aromatic heterocycles. The molecule has 1 aromatic rings. The minimum absolute atomic E-state index is 0.0924. The first-order valence-corrected chi connectivity index (χ1v) is 5.26. The van der Waals surface area contributed by atoms with Gasteiger partial charge in [0, 0.05) is 14.0 Å². The second kappa shape index (κ2) is 4.82. The summed E-state index contributed by atoms with van der Waals surface area (Å²) in [6.07, 6.45) is -0.0924. The van der Waals surface area contributed by atoms with Crippen LogP contribution in [0.5, 0.6) is 5.75 Å². The minimum Gasteiger partial charge on any atom is -0.491 e. The van der Waals surface area contributed by atoms with Gasteiger partial charge in [0.15, 0.2) is 0 Å². The highest BCUT2D eigenvalue weighted by Crippen LogP contribution is 2.24. The van der Waals surface area contributed by atoms with Crippen molar-refractivity contribution < 1.29 is 18.9 Å². The number of ether oxygens (including phenoxy) is 4. The Morgan fingerprint density at radius 1 is 1.38 bits per heavy atom. The predicted molar refractivity (Wildman–Crippen MR) is 58.2 cm³/mol. The zero-order valence-corrected chi connectivity index (χ0v) is 9.51. The van der Waals surface area contributed by atoms with Gasteiger partial charge in [-0.3, -0.25) is 0 Å². The lowest BCUT2D eigenvalue weighted by molar-refractivity contribution is -0.314. The van der Waals surface area contributed by atoms with Gasteiger partial charge in [0.25, 0.3) is 5.97 Å². The Morgan fingerprint density at radius 2 is 2.12 bits per heavy atom. The Kier molecular flexibility index (Phi) is 3.43. The van der Waals surface area contributed by atoms with Crippen LogP contribution < -0.4 is 4.74 Å². The molecular weight excluding hydrogens is 208 g/mol. The summed E-state index contributed by atoms with van der Waals surface area (Å²) in [5, 5.41) is 0. The van der Waals surface area contributed by atoms with E-state index in [4.69, 9.17) is 18.9 Å². The van der Waals surface area contributed by atoms with Gasteiger partial charge in [-0.15, -0.1) is 0 Å². The van der Waals surface area contributed by atoms with Crippen molar-refractivity contribution in [1.29, 1.82) is 0 Å². The summed E-state index contributed by atoms with van der Waals surface area (Å²) >= 11 is 0. The second-order valence-electron chi connectivity index (χ2n) is 3.74. The van der Waals surface area contributed by atoms with Crippen molar-refractivity contribution in [3.05, 3.63) is 30.3 Å². The summed E-state index contributed by atoms with van der Waals surface area (Å²) < 4.78 is 21.6. The van der Waals surface area contributed by atoms with Crippen LogP contribution in [0.25, 0.3) is 0 Å². The molecule has 0 saturated carbocycles. The lowest BCUT2D eigenvalue weighted by atomic mass is 10.3. The fourth-order valence-corrected chi connectivity index (χ4v) is 1.51. The number of methoxy groups -OCH3 is 1. The van der Waals surface area contributed by atoms with Crippen LogP contribution in [0.3, 0.4) is 0 Å². The van der Waals surface area contributed by atoms with E-state index >= 15 is 0 Å². The summed E-state index contributed by atoms with van der Waals surface area (Å²) in [4.78, 5) is 0. The third-order valence-corrected chi connectivity index (χ3v) is 2.46. The topological polar surface area (TPSA) is 36.9 Å². The minimum atomic E-state index is -0.926. The van der Waals surface area contributed by atoms with Crippen LogP contribution in [0.4, 0.5) is 0 Å². The van der Waals surface area contributed by atoms with Gasteiger partial charge >= 0.3 is 0 Å². The van der Waals surface area contributed by atoms with Gasteiger partial charge < -0.3 is 18.9 Å². The molecule has 0 aliphatic carbocycles. The maximum Gasteiger partial charge on any atom is 0.280 e. The van der Waals surface area contributed by atoms with E-state index in [1.54, 1.807) is 14.0 Å². The van der Waals surface area contributed by atoms with Crippen molar-refractivity contribution in [2.75, 3.05) is 20.3 Å². The van der Waals surface area contributed by atoms with Crippen molar-refractivity contribution in [1.82, 2.24) is 0 Å². The number of para-hydroxylation sites is 1. The first kappa shape index (κ1) is 11.4. The molecule has 1 unspecified atom stereocenters. The maximum atomic E-state index is 5.57. The van der Waals surface area contributed by atoms with Gasteiger partial charge in [-0.05, 0) is 12.1 Å². The van der Waals surface area contributed by atoms with E-state index in [1.165, 1.54) is 0 Å². The zero-order valence-electron chi connectivity index (χ0n) is 9.51. The Morgan fingerprint density at radius 3 is 2.75 bits per heavy atom. The molecule has 1 fully saturated rings. The van der Waals surface area contributed by atoms with Gasteiger partial charge in [0.1, 0.15) is 18.5 Å². The SMILES string of the molecule is COC1(C)OC[C@@H](COc2ccccc2)O1. The quantitative estimate of drug-likeness (QED) is 0.781. The molecule has 1 aliphatic rings. The number of hydrogen-bond acceptors (Lipinski definition) is 4. The fraction of sp³-hybridized carbons (Fsp3) is 0.500. The Balaban J connectivity index is 1.80. The van der Waals surface area contributed by atoms with Gasteiger partial charge in [-0.25, -0.2) is 0 Å².